The summed E-state index contributed by atoms with van der Waals surface area (Å²) in [7, 11) is -2.67. The van der Waals surface area contributed by atoms with Crippen LogP contribution in [0, 0.1) is 0 Å². The molecular weight excluding hydrogens is 304 g/mol. The van der Waals surface area contributed by atoms with Crippen LogP contribution in [-0.4, -0.2) is 45.8 Å². The molecule has 9 nitrogen and oxygen atoms in total. The molecule has 0 heterocycles. The average Bonchev–Trinajstić information content (AvgIpc) is 2.42. The van der Waals surface area contributed by atoms with E-state index in [0.29, 0.717) is 0 Å². The Bertz CT molecular complexity index is 642. The highest BCUT2D eigenvalue weighted by Crippen LogP contribution is 2.22. The van der Waals surface area contributed by atoms with Crippen LogP contribution in [0.25, 0.3) is 0 Å². The highest BCUT2D eigenvalue weighted by molar-refractivity contribution is 7.89. The van der Waals surface area contributed by atoms with Crippen molar-refractivity contribution in [3.05, 3.63) is 23.8 Å². The number of nitrogens with one attached hydrogen (secondary N) is 1. The van der Waals surface area contributed by atoms with E-state index >= 15 is 0 Å². The second-order valence-electron chi connectivity index (χ2n) is 3.73. The predicted molar refractivity (Wildman–Crippen MR) is 70.7 cm³/mol. The van der Waals surface area contributed by atoms with Crippen LogP contribution in [0.2, 0.25) is 0 Å². The first kappa shape index (κ1) is 16.7. The van der Waals surface area contributed by atoms with Crippen molar-refractivity contribution < 1.29 is 32.6 Å². The molecule has 116 valence electrons. The summed E-state index contributed by atoms with van der Waals surface area (Å²) in [5.41, 5.74) is 4.44. The topological polar surface area (TPSA) is 145 Å². The van der Waals surface area contributed by atoms with E-state index in [1.54, 1.807) is 0 Å². The Balaban J connectivity index is 2.90. The lowest BCUT2D eigenvalue weighted by Crippen LogP contribution is -2.29. The van der Waals surface area contributed by atoms with Crippen molar-refractivity contribution in [1.82, 2.24) is 4.72 Å². The van der Waals surface area contributed by atoms with Gasteiger partial charge in [0.15, 0.2) is 0 Å². The van der Waals surface area contributed by atoms with Crippen LogP contribution in [0.4, 0.5) is 4.79 Å². The van der Waals surface area contributed by atoms with Gasteiger partial charge >= 0.3 is 12.1 Å². The number of carboxylic acids is 1. The molecule has 1 amide bonds. The smallest absolute Gasteiger partial charge is 0.404 e. The number of methoxy groups -OCH3 is 1. The van der Waals surface area contributed by atoms with E-state index in [-0.39, 0.29) is 29.4 Å². The number of aromatic carboxylic acids is 1. The Labute approximate surface area is 120 Å². The van der Waals surface area contributed by atoms with Crippen LogP contribution >= 0.6 is 0 Å². The number of hydrogen-bond acceptors (Lipinski definition) is 6. The summed E-state index contributed by atoms with van der Waals surface area (Å²) < 4.78 is 35.2. The van der Waals surface area contributed by atoms with Gasteiger partial charge in [0.2, 0.25) is 10.0 Å². The Morgan fingerprint density at radius 1 is 1.38 bits per heavy atom. The van der Waals surface area contributed by atoms with Crippen LogP contribution < -0.4 is 15.2 Å². The van der Waals surface area contributed by atoms with Crippen molar-refractivity contribution in [3.63, 3.8) is 0 Å². The molecule has 0 aromatic heterocycles. The summed E-state index contributed by atoms with van der Waals surface area (Å²) in [6.45, 7) is -0.434. The second-order valence-corrected chi connectivity index (χ2v) is 5.50. The molecule has 0 radical (unpaired) electrons. The lowest BCUT2D eigenvalue weighted by Gasteiger charge is -2.09. The van der Waals surface area contributed by atoms with Gasteiger partial charge in [0, 0.05) is 6.54 Å². The number of rotatable bonds is 7. The van der Waals surface area contributed by atoms with Crippen molar-refractivity contribution in [2.75, 3.05) is 20.3 Å². The Hall–Kier alpha value is -2.33. The van der Waals surface area contributed by atoms with E-state index < -0.39 is 22.1 Å². The van der Waals surface area contributed by atoms with Crippen LogP contribution in [0.15, 0.2) is 23.1 Å². The van der Waals surface area contributed by atoms with Crippen LogP contribution in [0.1, 0.15) is 10.4 Å². The van der Waals surface area contributed by atoms with Crippen LogP contribution in [0.3, 0.4) is 0 Å². The number of amides is 1. The van der Waals surface area contributed by atoms with Gasteiger partial charge < -0.3 is 20.3 Å². The number of carbonyl (C=O) groups excluding carboxylic acids is 1. The molecule has 0 bridgehead atoms. The standard InChI is InChI=1S/C11H14N2O7S/c1-19-9-3-2-7(6-8(9)10(14)15)21(17,18)13-4-5-20-11(12)16/h2-3,6,13H,4-5H2,1H3,(H2,12,16)(H,14,15). The first-order valence-corrected chi connectivity index (χ1v) is 7.09. The third-order valence-corrected chi connectivity index (χ3v) is 3.81. The molecule has 0 atom stereocenters. The van der Waals surface area contributed by atoms with Crippen molar-refractivity contribution in [3.8, 4) is 5.75 Å². The largest absolute Gasteiger partial charge is 0.496 e. The lowest BCUT2D eigenvalue weighted by atomic mass is 10.2. The zero-order chi connectivity index (χ0) is 16.0. The van der Waals surface area contributed by atoms with Crippen LogP contribution in [-0.2, 0) is 14.8 Å². The summed E-state index contributed by atoms with van der Waals surface area (Å²) in [5, 5.41) is 9.00. The zero-order valence-corrected chi connectivity index (χ0v) is 11.8. The monoisotopic (exact) mass is 318 g/mol. The quantitative estimate of drug-likeness (QED) is 0.588. The van der Waals surface area contributed by atoms with E-state index in [9.17, 15) is 18.0 Å². The average molecular weight is 318 g/mol. The normalized spacial score (nSPS) is 10.9. The van der Waals surface area contributed by atoms with Crippen molar-refractivity contribution in [1.29, 1.82) is 0 Å². The fourth-order valence-electron chi connectivity index (χ4n) is 1.43. The number of nitrogens with two attached hydrogens (primary N) is 1. The maximum atomic E-state index is 11.9. The van der Waals surface area contributed by atoms with Gasteiger partial charge in [-0.2, -0.15) is 0 Å². The SMILES string of the molecule is COc1ccc(S(=O)(=O)NCCOC(N)=O)cc1C(=O)O. The fourth-order valence-corrected chi connectivity index (χ4v) is 2.47. The Kier molecular flexibility index (Phi) is 5.50. The van der Waals surface area contributed by atoms with Gasteiger partial charge in [0.25, 0.3) is 0 Å². The number of sulfonamides is 1. The van der Waals surface area contributed by atoms with Crippen molar-refractivity contribution >= 4 is 22.1 Å². The van der Waals surface area contributed by atoms with E-state index in [2.05, 4.69) is 9.46 Å². The number of ether oxygens (including phenoxy) is 2. The minimum atomic E-state index is -3.94. The molecule has 1 aromatic carbocycles. The number of hydrogen-bond donors (Lipinski definition) is 3. The molecule has 0 aliphatic carbocycles. The third-order valence-electron chi connectivity index (χ3n) is 2.35. The fraction of sp³-hybridized carbons (Fsp3) is 0.273. The molecule has 0 fully saturated rings. The molecular formula is C11H14N2O7S. The van der Waals surface area contributed by atoms with Crippen LogP contribution in [0.5, 0.6) is 5.75 Å². The minimum absolute atomic E-state index is 0.0403. The van der Waals surface area contributed by atoms with Gasteiger partial charge in [-0.3, -0.25) is 0 Å². The Morgan fingerprint density at radius 2 is 2.05 bits per heavy atom. The molecule has 0 spiro atoms. The van der Waals surface area contributed by atoms with Gasteiger partial charge in [-0.15, -0.1) is 0 Å². The molecule has 0 saturated heterocycles. The first-order chi connectivity index (χ1) is 9.77. The third kappa shape index (κ3) is 4.61. The highest BCUT2D eigenvalue weighted by Gasteiger charge is 2.19. The summed E-state index contributed by atoms with van der Waals surface area (Å²) in [6.07, 6.45) is -1.02. The van der Waals surface area contributed by atoms with Crippen molar-refractivity contribution in [2.45, 2.75) is 4.90 Å². The number of benzene rings is 1. The molecule has 0 saturated carbocycles. The molecule has 0 aliphatic rings. The zero-order valence-electron chi connectivity index (χ0n) is 11.0. The molecule has 0 unspecified atom stereocenters. The van der Waals surface area contributed by atoms with E-state index in [0.717, 1.165) is 6.07 Å². The summed E-state index contributed by atoms with van der Waals surface area (Å²) >= 11 is 0. The molecule has 1 aromatic rings. The van der Waals surface area contributed by atoms with Gasteiger partial charge in [0.05, 0.1) is 12.0 Å². The maximum Gasteiger partial charge on any atom is 0.404 e. The maximum absolute atomic E-state index is 11.9. The van der Waals surface area contributed by atoms with Gasteiger partial charge in [-0.05, 0) is 18.2 Å². The van der Waals surface area contributed by atoms with Gasteiger partial charge in [-0.25, -0.2) is 22.7 Å². The second kappa shape index (κ2) is 6.90. The lowest BCUT2D eigenvalue weighted by molar-refractivity contribution is 0.0693. The minimum Gasteiger partial charge on any atom is -0.496 e. The number of carbonyl (C=O) groups is 2. The first-order valence-electron chi connectivity index (χ1n) is 5.61. The predicted octanol–water partition coefficient (Wildman–Crippen LogP) is -0.233. The Morgan fingerprint density at radius 3 is 2.57 bits per heavy atom. The van der Waals surface area contributed by atoms with E-state index in [1.165, 1.54) is 19.2 Å². The summed E-state index contributed by atoms with van der Waals surface area (Å²) in [4.78, 5) is 21.1. The van der Waals surface area contributed by atoms with E-state index in [4.69, 9.17) is 15.6 Å². The number of primary amides is 1. The molecule has 4 N–H and O–H groups in total. The molecule has 0 aliphatic heterocycles. The molecule has 10 heteroatoms. The van der Waals surface area contributed by atoms with E-state index in [1.807, 2.05) is 0 Å². The highest BCUT2D eigenvalue weighted by atomic mass is 32.2. The number of carboxylic acid groups (broad SMARTS) is 1. The molecule has 21 heavy (non-hydrogen) atoms. The van der Waals surface area contributed by atoms with Gasteiger partial charge in [-0.1, -0.05) is 0 Å². The summed E-state index contributed by atoms with van der Waals surface area (Å²) in [6, 6.07) is 3.40. The summed E-state index contributed by atoms with van der Waals surface area (Å²) in [5.74, 6) is -1.28. The van der Waals surface area contributed by atoms with Gasteiger partial charge in [0.1, 0.15) is 17.9 Å². The molecule has 1 rings (SSSR count). The van der Waals surface area contributed by atoms with Crippen molar-refractivity contribution in [2.24, 2.45) is 5.73 Å².